The number of nitrogens with one attached hydrogen (secondary N) is 1. The van der Waals surface area contributed by atoms with E-state index in [4.69, 9.17) is 17.3 Å². The quantitative estimate of drug-likeness (QED) is 0.683. The molecule has 3 nitrogen and oxygen atoms in total. The van der Waals surface area contributed by atoms with E-state index in [1.807, 2.05) is 54.6 Å². The maximum absolute atomic E-state index is 13.0. The lowest BCUT2D eigenvalue weighted by atomic mass is 9.91. The zero-order valence-corrected chi connectivity index (χ0v) is 16.8. The molecule has 3 N–H and O–H groups in total. The first kappa shape index (κ1) is 21.1. The third-order valence-electron chi connectivity index (χ3n) is 4.54. The van der Waals surface area contributed by atoms with Crippen molar-refractivity contribution in [2.45, 2.75) is 47.9 Å². The number of halogens is 2. The van der Waals surface area contributed by atoms with E-state index in [2.05, 4.69) is 5.32 Å². The number of hydrogen-bond acceptors (Lipinski definition) is 3. The Hall–Kier alpha value is -1.20. The minimum atomic E-state index is -0.323. The van der Waals surface area contributed by atoms with Crippen LogP contribution in [0.2, 0.25) is 5.02 Å². The highest BCUT2D eigenvalue weighted by Crippen LogP contribution is 2.39. The second kappa shape index (κ2) is 10.2. The van der Waals surface area contributed by atoms with Crippen LogP contribution in [0.15, 0.2) is 59.5 Å². The minimum absolute atomic E-state index is 0. The fourth-order valence-corrected chi connectivity index (χ4v) is 4.44. The van der Waals surface area contributed by atoms with Crippen molar-refractivity contribution in [3.63, 3.8) is 0 Å². The van der Waals surface area contributed by atoms with Crippen LogP contribution in [0.3, 0.4) is 0 Å². The molecule has 2 aromatic carbocycles. The van der Waals surface area contributed by atoms with Gasteiger partial charge in [0.05, 0.1) is 5.02 Å². The van der Waals surface area contributed by atoms with Crippen LogP contribution < -0.4 is 11.1 Å². The number of rotatable bonds is 5. The predicted molar refractivity (Wildman–Crippen MR) is 112 cm³/mol. The zero-order valence-electron chi connectivity index (χ0n) is 14.4. The van der Waals surface area contributed by atoms with Crippen molar-refractivity contribution < 1.29 is 4.79 Å². The Morgan fingerprint density at radius 3 is 2.31 bits per heavy atom. The average Bonchev–Trinajstić information content (AvgIpc) is 2.63. The van der Waals surface area contributed by atoms with Crippen LogP contribution in [-0.2, 0) is 4.79 Å². The molecule has 0 aliphatic heterocycles. The maximum atomic E-state index is 13.0. The van der Waals surface area contributed by atoms with Crippen LogP contribution in [0.1, 0.15) is 36.5 Å². The number of hydrogen-bond donors (Lipinski definition) is 2. The van der Waals surface area contributed by atoms with Gasteiger partial charge in [-0.2, -0.15) is 0 Å². The topological polar surface area (TPSA) is 55.1 Å². The van der Waals surface area contributed by atoms with Crippen LogP contribution in [0.4, 0.5) is 0 Å². The summed E-state index contributed by atoms with van der Waals surface area (Å²) in [7, 11) is 0. The van der Waals surface area contributed by atoms with E-state index in [1.54, 1.807) is 0 Å². The number of benzene rings is 2. The Kier molecular flexibility index (Phi) is 8.29. The summed E-state index contributed by atoms with van der Waals surface area (Å²) in [5.41, 5.74) is 6.95. The molecular weight excluding hydrogens is 387 g/mol. The molecule has 26 heavy (non-hydrogen) atoms. The van der Waals surface area contributed by atoms with Crippen molar-refractivity contribution in [3.8, 4) is 0 Å². The van der Waals surface area contributed by atoms with Gasteiger partial charge < -0.3 is 11.1 Å². The first-order chi connectivity index (χ1) is 12.1. The normalized spacial score (nSPS) is 20.7. The molecule has 1 amide bonds. The van der Waals surface area contributed by atoms with Crippen molar-refractivity contribution in [3.05, 3.63) is 65.2 Å². The number of thioether (sulfide) groups is 1. The Balaban J connectivity index is 0.00000243. The van der Waals surface area contributed by atoms with Gasteiger partial charge in [0, 0.05) is 17.0 Å². The molecule has 0 spiro atoms. The molecule has 3 rings (SSSR count). The van der Waals surface area contributed by atoms with Crippen molar-refractivity contribution in [2.24, 2.45) is 5.73 Å². The van der Waals surface area contributed by atoms with Gasteiger partial charge in [-0.25, -0.2) is 0 Å². The van der Waals surface area contributed by atoms with Gasteiger partial charge >= 0.3 is 0 Å². The van der Waals surface area contributed by atoms with Crippen molar-refractivity contribution in [1.82, 2.24) is 5.32 Å². The summed E-state index contributed by atoms with van der Waals surface area (Å²) in [4.78, 5) is 13.9. The van der Waals surface area contributed by atoms with E-state index in [1.165, 1.54) is 11.8 Å². The fourth-order valence-electron chi connectivity index (χ4n) is 3.11. The Morgan fingerprint density at radius 1 is 1.04 bits per heavy atom. The highest BCUT2D eigenvalue weighted by Gasteiger charge is 2.27. The standard InChI is InChI=1S/C20H23ClN2OS.ClH/c21-17-8-4-5-9-18(17)25-19(14-6-2-1-3-7-14)20(24)23-16-12-10-15(22)11-13-16;/h1-9,15-16,19H,10-13,22H2,(H,23,24);1H. The summed E-state index contributed by atoms with van der Waals surface area (Å²) in [6.45, 7) is 0. The van der Waals surface area contributed by atoms with Crippen LogP contribution >= 0.6 is 35.8 Å². The van der Waals surface area contributed by atoms with Gasteiger partial charge in [0.25, 0.3) is 0 Å². The average molecular weight is 411 g/mol. The van der Waals surface area contributed by atoms with Crippen LogP contribution in [0.25, 0.3) is 0 Å². The summed E-state index contributed by atoms with van der Waals surface area (Å²) >= 11 is 7.80. The first-order valence-corrected chi connectivity index (χ1v) is 9.91. The number of carbonyl (C=O) groups is 1. The molecular formula is C20H24Cl2N2OS. The zero-order chi connectivity index (χ0) is 17.6. The van der Waals surface area contributed by atoms with Crippen molar-refractivity contribution in [2.75, 3.05) is 0 Å². The monoisotopic (exact) mass is 410 g/mol. The third-order valence-corrected chi connectivity index (χ3v) is 6.31. The van der Waals surface area contributed by atoms with E-state index in [0.29, 0.717) is 5.02 Å². The SMILES string of the molecule is Cl.NC1CCC(NC(=O)C(Sc2ccccc2Cl)c2ccccc2)CC1. The van der Waals surface area contributed by atoms with E-state index in [0.717, 1.165) is 36.1 Å². The summed E-state index contributed by atoms with van der Waals surface area (Å²) in [5.74, 6) is 0.0385. The van der Waals surface area contributed by atoms with Gasteiger partial charge in [-0.1, -0.05) is 54.1 Å². The number of carbonyl (C=O) groups excluding carboxylic acids is 1. The summed E-state index contributed by atoms with van der Waals surface area (Å²) in [6.07, 6.45) is 3.84. The molecule has 1 aliphatic carbocycles. The van der Waals surface area contributed by atoms with Gasteiger partial charge in [0.1, 0.15) is 5.25 Å². The molecule has 0 heterocycles. The first-order valence-electron chi connectivity index (χ1n) is 8.65. The largest absolute Gasteiger partial charge is 0.352 e. The molecule has 1 aliphatic rings. The molecule has 0 aromatic heterocycles. The minimum Gasteiger partial charge on any atom is -0.352 e. The van der Waals surface area contributed by atoms with Gasteiger partial charge in [-0.05, 0) is 43.4 Å². The lowest BCUT2D eigenvalue weighted by Crippen LogP contribution is -2.42. The molecule has 2 aromatic rings. The van der Waals surface area contributed by atoms with Crippen LogP contribution in [0.5, 0.6) is 0 Å². The number of nitrogens with two attached hydrogens (primary N) is 1. The van der Waals surface area contributed by atoms with Gasteiger partial charge in [-0.3, -0.25) is 4.79 Å². The van der Waals surface area contributed by atoms with Crippen LogP contribution in [0, 0.1) is 0 Å². The molecule has 140 valence electrons. The lowest BCUT2D eigenvalue weighted by Gasteiger charge is -2.28. The predicted octanol–water partition coefficient (Wildman–Crippen LogP) is 4.98. The Bertz CT molecular complexity index is 706. The van der Waals surface area contributed by atoms with Crippen LogP contribution in [-0.4, -0.2) is 18.0 Å². The van der Waals surface area contributed by atoms with Crippen molar-refractivity contribution in [1.29, 1.82) is 0 Å². The molecule has 1 saturated carbocycles. The van der Waals surface area contributed by atoms with E-state index >= 15 is 0 Å². The molecule has 0 saturated heterocycles. The Labute approximate surface area is 170 Å². The summed E-state index contributed by atoms with van der Waals surface area (Å²) < 4.78 is 0. The second-order valence-electron chi connectivity index (χ2n) is 6.46. The van der Waals surface area contributed by atoms with Crippen molar-refractivity contribution >= 4 is 41.7 Å². The van der Waals surface area contributed by atoms with Gasteiger partial charge in [0.2, 0.25) is 5.91 Å². The second-order valence-corrected chi connectivity index (χ2v) is 8.01. The van der Waals surface area contributed by atoms with E-state index in [-0.39, 0.29) is 35.6 Å². The molecule has 1 unspecified atom stereocenters. The summed E-state index contributed by atoms with van der Waals surface area (Å²) in [5, 5.41) is 3.57. The molecule has 1 atom stereocenters. The lowest BCUT2D eigenvalue weighted by molar-refractivity contribution is -0.121. The molecule has 0 bridgehead atoms. The molecule has 6 heteroatoms. The fraction of sp³-hybridized carbons (Fsp3) is 0.350. The highest BCUT2D eigenvalue weighted by molar-refractivity contribution is 8.00. The highest BCUT2D eigenvalue weighted by atomic mass is 35.5. The smallest absolute Gasteiger partial charge is 0.238 e. The van der Waals surface area contributed by atoms with Gasteiger partial charge in [-0.15, -0.1) is 24.2 Å². The maximum Gasteiger partial charge on any atom is 0.238 e. The van der Waals surface area contributed by atoms with E-state index < -0.39 is 0 Å². The summed E-state index contributed by atoms with van der Waals surface area (Å²) in [6, 6.07) is 18.0. The Morgan fingerprint density at radius 2 is 1.65 bits per heavy atom. The van der Waals surface area contributed by atoms with E-state index in [9.17, 15) is 4.79 Å². The molecule has 1 fully saturated rings. The third kappa shape index (κ3) is 5.65. The molecule has 0 radical (unpaired) electrons. The number of amides is 1. The van der Waals surface area contributed by atoms with Gasteiger partial charge in [0.15, 0.2) is 0 Å².